The summed E-state index contributed by atoms with van der Waals surface area (Å²) in [4.78, 5) is 32.9. The first-order chi connectivity index (χ1) is 14.3. The van der Waals surface area contributed by atoms with Gasteiger partial charge in [0.2, 0.25) is 0 Å². The first-order valence-corrected chi connectivity index (χ1v) is 8.77. The van der Waals surface area contributed by atoms with Crippen LogP contribution in [0.4, 0.5) is 11.4 Å². The molecule has 9 nitrogen and oxygen atoms in total. The maximum atomic E-state index is 12.3. The maximum absolute atomic E-state index is 12.3. The summed E-state index contributed by atoms with van der Waals surface area (Å²) in [6.45, 7) is 1.85. The van der Waals surface area contributed by atoms with Crippen molar-refractivity contribution in [2.24, 2.45) is 0 Å². The minimum atomic E-state index is -0.716. The van der Waals surface area contributed by atoms with Gasteiger partial charge in [0.1, 0.15) is 18.1 Å². The number of nitrogens with zero attached hydrogens (tertiary/aromatic N) is 2. The van der Waals surface area contributed by atoms with E-state index in [1.807, 2.05) is 0 Å². The van der Waals surface area contributed by atoms with E-state index in [4.69, 9.17) is 9.47 Å². The first kappa shape index (κ1) is 20.5. The topological polar surface area (TPSA) is 122 Å². The molecule has 152 valence electrons. The number of nitro benzene ring substituents is 2. The van der Waals surface area contributed by atoms with Crippen molar-refractivity contribution in [3.63, 3.8) is 0 Å². The lowest BCUT2D eigenvalue weighted by atomic mass is 10.2. The van der Waals surface area contributed by atoms with Crippen LogP contribution in [0.15, 0.2) is 66.7 Å². The van der Waals surface area contributed by atoms with Crippen LogP contribution in [0.25, 0.3) is 0 Å². The third-order valence-corrected chi connectivity index (χ3v) is 4.17. The molecule has 3 aromatic carbocycles. The molecule has 9 heteroatoms. The monoisotopic (exact) mass is 408 g/mol. The Balaban J connectivity index is 1.67. The van der Waals surface area contributed by atoms with Crippen LogP contribution in [-0.4, -0.2) is 15.8 Å². The van der Waals surface area contributed by atoms with E-state index >= 15 is 0 Å². The van der Waals surface area contributed by atoms with Gasteiger partial charge < -0.3 is 9.47 Å². The predicted molar refractivity (Wildman–Crippen MR) is 107 cm³/mol. The molecule has 0 amide bonds. The van der Waals surface area contributed by atoms with Crippen LogP contribution in [0.2, 0.25) is 0 Å². The molecule has 3 rings (SSSR count). The quantitative estimate of drug-likeness (QED) is 0.242. The lowest BCUT2D eigenvalue weighted by Crippen LogP contribution is -2.09. The highest BCUT2D eigenvalue weighted by molar-refractivity contribution is 5.91. The number of rotatable bonds is 7. The van der Waals surface area contributed by atoms with Crippen LogP contribution in [0.5, 0.6) is 11.5 Å². The highest BCUT2D eigenvalue weighted by atomic mass is 16.6. The summed E-state index contributed by atoms with van der Waals surface area (Å²) in [5, 5.41) is 21.7. The smallest absolute Gasteiger partial charge is 0.343 e. The van der Waals surface area contributed by atoms with Gasteiger partial charge in [-0.2, -0.15) is 0 Å². The van der Waals surface area contributed by atoms with E-state index in [0.717, 1.165) is 6.07 Å². The van der Waals surface area contributed by atoms with E-state index in [1.54, 1.807) is 37.3 Å². The number of hydrogen-bond donors (Lipinski definition) is 0. The van der Waals surface area contributed by atoms with Crippen molar-refractivity contribution in [3.05, 3.63) is 104 Å². The van der Waals surface area contributed by atoms with Gasteiger partial charge in [0.15, 0.2) is 0 Å². The van der Waals surface area contributed by atoms with Gasteiger partial charge in [-0.1, -0.05) is 18.2 Å². The Morgan fingerprint density at radius 1 is 0.900 bits per heavy atom. The molecule has 0 atom stereocenters. The fraction of sp³-hybridized carbons (Fsp3) is 0.0952. The molecule has 0 radical (unpaired) electrons. The van der Waals surface area contributed by atoms with Crippen LogP contribution in [-0.2, 0) is 6.61 Å². The van der Waals surface area contributed by atoms with Gasteiger partial charge in [-0.15, -0.1) is 0 Å². The normalized spacial score (nSPS) is 10.3. The molecule has 0 aromatic heterocycles. The van der Waals surface area contributed by atoms with Crippen molar-refractivity contribution in [1.82, 2.24) is 0 Å². The summed E-state index contributed by atoms with van der Waals surface area (Å²) in [7, 11) is 0. The van der Waals surface area contributed by atoms with Crippen molar-refractivity contribution < 1.29 is 24.1 Å². The zero-order chi connectivity index (χ0) is 21.7. The summed E-state index contributed by atoms with van der Waals surface area (Å²) >= 11 is 0. The fourth-order valence-electron chi connectivity index (χ4n) is 2.66. The van der Waals surface area contributed by atoms with Crippen LogP contribution >= 0.6 is 0 Å². The number of non-ortho nitro benzene ring substituents is 2. The highest BCUT2D eigenvalue weighted by Crippen LogP contribution is 2.26. The standard InChI is InChI=1S/C21H16N2O7/c1-14-10-19(29-13-15-4-2-6-17(11-15)22(25)26)8-9-20(14)30-21(24)16-5-3-7-18(12-16)23(27)28/h2-12H,13H2,1H3. The Bertz CT molecular complexity index is 1130. The average molecular weight is 408 g/mol. The molecule has 0 aliphatic heterocycles. The second-order valence-corrected chi connectivity index (χ2v) is 6.34. The summed E-state index contributed by atoms with van der Waals surface area (Å²) < 4.78 is 11.0. The number of aryl methyl sites for hydroxylation is 1. The minimum absolute atomic E-state index is 0.0179. The van der Waals surface area contributed by atoms with E-state index in [1.165, 1.54) is 30.3 Å². The van der Waals surface area contributed by atoms with Gasteiger partial charge >= 0.3 is 5.97 Å². The molecule has 0 aliphatic carbocycles. The second-order valence-electron chi connectivity index (χ2n) is 6.34. The minimum Gasteiger partial charge on any atom is -0.489 e. The van der Waals surface area contributed by atoms with E-state index in [-0.39, 0.29) is 29.3 Å². The van der Waals surface area contributed by atoms with Gasteiger partial charge in [-0.3, -0.25) is 20.2 Å². The molecule has 0 saturated carbocycles. The van der Waals surface area contributed by atoms with Gasteiger partial charge in [0, 0.05) is 24.3 Å². The molecule has 0 aliphatic rings. The molecule has 0 spiro atoms. The molecule has 0 unspecified atom stereocenters. The zero-order valence-corrected chi connectivity index (χ0v) is 15.8. The number of nitro groups is 2. The van der Waals surface area contributed by atoms with Crippen molar-refractivity contribution in [2.75, 3.05) is 0 Å². The molecule has 0 heterocycles. The Hall–Kier alpha value is -4.27. The Morgan fingerprint density at radius 2 is 1.57 bits per heavy atom. The molecule has 0 N–H and O–H groups in total. The van der Waals surface area contributed by atoms with Gasteiger partial charge in [-0.05, 0) is 42.3 Å². The molecule has 0 bridgehead atoms. The lowest BCUT2D eigenvalue weighted by molar-refractivity contribution is -0.385. The molecular weight excluding hydrogens is 392 g/mol. The van der Waals surface area contributed by atoms with Crippen LogP contribution in [0.1, 0.15) is 21.5 Å². The van der Waals surface area contributed by atoms with E-state index < -0.39 is 15.8 Å². The van der Waals surface area contributed by atoms with Crippen LogP contribution in [0, 0.1) is 27.2 Å². The van der Waals surface area contributed by atoms with Gasteiger partial charge in [-0.25, -0.2) is 4.79 Å². The molecule has 0 fully saturated rings. The van der Waals surface area contributed by atoms with Crippen molar-refractivity contribution in [3.8, 4) is 11.5 Å². The maximum Gasteiger partial charge on any atom is 0.343 e. The number of hydrogen-bond acceptors (Lipinski definition) is 7. The number of benzene rings is 3. The van der Waals surface area contributed by atoms with E-state index in [0.29, 0.717) is 16.9 Å². The number of ether oxygens (including phenoxy) is 2. The third kappa shape index (κ3) is 4.96. The summed E-state index contributed by atoms with van der Waals surface area (Å²) in [6, 6.07) is 16.2. The summed E-state index contributed by atoms with van der Waals surface area (Å²) in [5.74, 6) is 0.0652. The highest BCUT2D eigenvalue weighted by Gasteiger charge is 2.15. The Kier molecular flexibility index (Phi) is 6.02. The first-order valence-electron chi connectivity index (χ1n) is 8.77. The molecule has 30 heavy (non-hydrogen) atoms. The number of carbonyl (C=O) groups is 1. The fourth-order valence-corrected chi connectivity index (χ4v) is 2.66. The zero-order valence-electron chi connectivity index (χ0n) is 15.8. The SMILES string of the molecule is Cc1cc(OCc2cccc([N+](=O)[O-])c2)ccc1OC(=O)c1cccc([N+](=O)[O-])c1. The summed E-state index contributed by atoms with van der Waals surface area (Å²) in [6.07, 6.45) is 0. The number of esters is 1. The third-order valence-electron chi connectivity index (χ3n) is 4.17. The molecule has 0 saturated heterocycles. The molecule has 3 aromatic rings. The van der Waals surface area contributed by atoms with E-state index in [9.17, 15) is 25.0 Å². The predicted octanol–water partition coefficient (Wildman–Crippen LogP) is 4.61. The van der Waals surface area contributed by atoms with Crippen molar-refractivity contribution >= 4 is 17.3 Å². The van der Waals surface area contributed by atoms with Crippen molar-refractivity contribution in [1.29, 1.82) is 0 Å². The average Bonchev–Trinajstić information content (AvgIpc) is 2.74. The summed E-state index contributed by atoms with van der Waals surface area (Å²) in [5.41, 5.74) is 1.10. The Morgan fingerprint density at radius 3 is 2.23 bits per heavy atom. The van der Waals surface area contributed by atoms with Crippen molar-refractivity contribution in [2.45, 2.75) is 13.5 Å². The Labute approximate surface area is 170 Å². The van der Waals surface area contributed by atoms with Crippen LogP contribution in [0.3, 0.4) is 0 Å². The van der Waals surface area contributed by atoms with E-state index in [2.05, 4.69) is 0 Å². The largest absolute Gasteiger partial charge is 0.489 e. The lowest BCUT2D eigenvalue weighted by Gasteiger charge is -2.11. The van der Waals surface area contributed by atoms with Crippen LogP contribution < -0.4 is 9.47 Å². The molecular formula is C21H16N2O7. The second kappa shape index (κ2) is 8.82. The number of carbonyl (C=O) groups excluding carboxylic acids is 1. The van der Waals surface area contributed by atoms with Gasteiger partial charge in [0.25, 0.3) is 11.4 Å². The van der Waals surface area contributed by atoms with Gasteiger partial charge in [0.05, 0.1) is 15.4 Å².